The van der Waals surface area contributed by atoms with Gasteiger partial charge < -0.3 is 9.80 Å². The van der Waals surface area contributed by atoms with Gasteiger partial charge in [-0.2, -0.15) is 0 Å². The predicted molar refractivity (Wildman–Crippen MR) is 200 cm³/mol. The average molecular weight is 615 g/mol. The topological polar surface area (TPSA) is 6.48 Å². The number of nitrogens with zero attached hydrogens (tertiary/aromatic N) is 2. The van der Waals surface area contributed by atoms with Gasteiger partial charge in [0.2, 0.25) is 0 Å². The Labute approximate surface area is 282 Å². The van der Waals surface area contributed by atoms with Gasteiger partial charge in [-0.3, -0.25) is 0 Å². The van der Waals surface area contributed by atoms with E-state index in [-0.39, 0.29) is 0 Å². The van der Waals surface area contributed by atoms with Crippen molar-refractivity contribution in [1.29, 1.82) is 0 Å². The van der Waals surface area contributed by atoms with E-state index in [1.807, 2.05) is 0 Å². The molecule has 0 fully saturated rings. The van der Waals surface area contributed by atoms with Crippen LogP contribution >= 0.6 is 0 Å². The van der Waals surface area contributed by atoms with Crippen molar-refractivity contribution < 1.29 is 0 Å². The Morgan fingerprint density at radius 3 is 0.957 bits per heavy atom. The standard InChI is InChI=1S/C45H46N2/c1-2-3-24-45(41-25-29-43(30-26-41)46(33-37-16-8-4-9-17-37)34-38-18-10-5-11-19-38)42-27-31-44(32-28-42)47(35-39-20-12-6-13-21-39)36-40-22-14-7-15-23-40/h4-23,25-32,45H,2-3,24,33-36H2,1H3. The molecule has 0 radical (unpaired) electrons. The molecule has 236 valence electrons. The van der Waals surface area contributed by atoms with Crippen LogP contribution in [0, 0.1) is 0 Å². The molecule has 6 rings (SSSR count). The summed E-state index contributed by atoms with van der Waals surface area (Å²) >= 11 is 0. The van der Waals surface area contributed by atoms with Crippen molar-refractivity contribution >= 4 is 11.4 Å². The SMILES string of the molecule is CCCCC(c1ccc(N(Cc2ccccc2)Cc2ccccc2)cc1)c1ccc(N(Cc2ccccc2)Cc2ccccc2)cc1. The average Bonchev–Trinajstić information content (AvgIpc) is 3.13. The molecule has 2 nitrogen and oxygen atoms in total. The first-order chi connectivity index (χ1) is 23.2. The lowest BCUT2D eigenvalue weighted by atomic mass is 9.86. The summed E-state index contributed by atoms with van der Waals surface area (Å²) in [4.78, 5) is 4.97. The molecule has 0 amide bonds. The lowest BCUT2D eigenvalue weighted by Gasteiger charge is -2.27. The summed E-state index contributed by atoms with van der Waals surface area (Å²) in [5, 5.41) is 0. The van der Waals surface area contributed by atoms with Crippen molar-refractivity contribution in [3.63, 3.8) is 0 Å². The third-order valence-corrected chi connectivity index (χ3v) is 9.03. The maximum atomic E-state index is 2.48. The van der Waals surface area contributed by atoms with Gasteiger partial charge in [0.1, 0.15) is 0 Å². The van der Waals surface area contributed by atoms with Gasteiger partial charge in [0.15, 0.2) is 0 Å². The van der Waals surface area contributed by atoms with Gasteiger partial charge >= 0.3 is 0 Å². The predicted octanol–water partition coefficient (Wildman–Crippen LogP) is 11.4. The van der Waals surface area contributed by atoms with Crippen molar-refractivity contribution in [2.24, 2.45) is 0 Å². The van der Waals surface area contributed by atoms with Crippen molar-refractivity contribution in [2.75, 3.05) is 9.80 Å². The fourth-order valence-electron chi connectivity index (χ4n) is 6.46. The zero-order chi connectivity index (χ0) is 32.1. The minimum absolute atomic E-state index is 0.367. The van der Waals surface area contributed by atoms with E-state index in [4.69, 9.17) is 0 Å². The van der Waals surface area contributed by atoms with Gasteiger partial charge in [0.05, 0.1) is 0 Å². The van der Waals surface area contributed by atoms with E-state index < -0.39 is 0 Å². The largest absolute Gasteiger partial charge is 0.363 e. The third-order valence-electron chi connectivity index (χ3n) is 9.03. The molecule has 0 saturated heterocycles. The second kappa shape index (κ2) is 16.5. The summed E-state index contributed by atoms with van der Waals surface area (Å²) in [6, 6.07) is 61.9. The highest BCUT2D eigenvalue weighted by molar-refractivity contribution is 5.53. The second-order valence-corrected chi connectivity index (χ2v) is 12.5. The molecule has 0 aliphatic carbocycles. The molecule has 0 heterocycles. The van der Waals surface area contributed by atoms with Crippen molar-refractivity contribution in [2.45, 2.75) is 58.3 Å². The number of unbranched alkanes of at least 4 members (excludes halogenated alkanes) is 1. The van der Waals surface area contributed by atoms with Crippen LogP contribution in [0.4, 0.5) is 11.4 Å². The van der Waals surface area contributed by atoms with Gasteiger partial charge in [0, 0.05) is 43.5 Å². The second-order valence-electron chi connectivity index (χ2n) is 12.5. The molecule has 0 N–H and O–H groups in total. The number of anilines is 2. The first kappa shape index (κ1) is 31.9. The first-order valence-electron chi connectivity index (χ1n) is 17.1. The molecule has 0 bridgehead atoms. The van der Waals surface area contributed by atoms with Crippen molar-refractivity contribution in [3.05, 3.63) is 203 Å². The van der Waals surface area contributed by atoms with Crippen LogP contribution in [0.25, 0.3) is 0 Å². The van der Waals surface area contributed by atoms with Gasteiger partial charge in [-0.25, -0.2) is 0 Å². The van der Waals surface area contributed by atoms with Crippen LogP contribution < -0.4 is 9.80 Å². The molecule has 6 aromatic carbocycles. The van der Waals surface area contributed by atoms with Crippen molar-refractivity contribution in [3.8, 4) is 0 Å². The molecule has 0 aliphatic heterocycles. The molecule has 6 aromatic rings. The maximum Gasteiger partial charge on any atom is 0.0433 e. The molecular weight excluding hydrogens is 569 g/mol. The Hall–Kier alpha value is -5.08. The summed E-state index contributed by atoms with van der Waals surface area (Å²) in [6.45, 7) is 5.78. The van der Waals surface area contributed by atoms with E-state index in [0.29, 0.717) is 5.92 Å². The lowest BCUT2D eigenvalue weighted by molar-refractivity contribution is 0.650. The summed E-state index contributed by atoms with van der Waals surface area (Å²) < 4.78 is 0. The zero-order valence-corrected chi connectivity index (χ0v) is 27.6. The highest BCUT2D eigenvalue weighted by Crippen LogP contribution is 2.33. The van der Waals surface area contributed by atoms with E-state index in [1.54, 1.807) is 0 Å². The highest BCUT2D eigenvalue weighted by atomic mass is 15.1. The van der Waals surface area contributed by atoms with Crippen LogP contribution in [0.1, 0.15) is 65.5 Å². The Kier molecular flexibility index (Phi) is 11.2. The quantitative estimate of drug-likeness (QED) is 0.114. The molecule has 0 spiro atoms. The van der Waals surface area contributed by atoms with E-state index in [2.05, 4.69) is 187 Å². The highest BCUT2D eigenvalue weighted by Gasteiger charge is 2.17. The van der Waals surface area contributed by atoms with Crippen LogP contribution in [0.2, 0.25) is 0 Å². The van der Waals surface area contributed by atoms with E-state index in [0.717, 1.165) is 32.6 Å². The van der Waals surface area contributed by atoms with Gasteiger partial charge in [-0.1, -0.05) is 165 Å². The summed E-state index contributed by atoms with van der Waals surface area (Å²) in [7, 11) is 0. The molecule has 47 heavy (non-hydrogen) atoms. The van der Waals surface area contributed by atoms with Gasteiger partial charge in [-0.05, 0) is 64.1 Å². The first-order valence-corrected chi connectivity index (χ1v) is 17.1. The summed E-state index contributed by atoms with van der Waals surface area (Å²) in [5.41, 5.74) is 10.6. The summed E-state index contributed by atoms with van der Waals surface area (Å²) in [6.07, 6.45) is 3.54. The Morgan fingerprint density at radius 2 is 0.681 bits per heavy atom. The molecule has 2 heteroatoms. The Morgan fingerprint density at radius 1 is 0.383 bits per heavy atom. The number of hydrogen-bond donors (Lipinski definition) is 0. The summed E-state index contributed by atoms with van der Waals surface area (Å²) in [5.74, 6) is 0.367. The fraction of sp³-hybridized carbons (Fsp3) is 0.200. The van der Waals surface area contributed by atoms with Crippen LogP contribution in [0.15, 0.2) is 170 Å². The van der Waals surface area contributed by atoms with Crippen molar-refractivity contribution in [1.82, 2.24) is 0 Å². The molecule has 0 aliphatic rings. The smallest absolute Gasteiger partial charge is 0.0433 e. The minimum atomic E-state index is 0.367. The molecule has 0 unspecified atom stereocenters. The van der Waals surface area contributed by atoms with Crippen LogP contribution in [0.5, 0.6) is 0 Å². The molecule has 0 saturated carbocycles. The van der Waals surface area contributed by atoms with E-state index >= 15 is 0 Å². The van der Waals surface area contributed by atoms with Crippen LogP contribution in [-0.2, 0) is 26.2 Å². The van der Waals surface area contributed by atoms with Crippen LogP contribution in [-0.4, -0.2) is 0 Å². The third kappa shape index (κ3) is 9.01. The number of rotatable bonds is 15. The Balaban J connectivity index is 1.24. The van der Waals surface area contributed by atoms with E-state index in [1.165, 1.54) is 57.6 Å². The maximum absolute atomic E-state index is 2.48. The number of benzene rings is 6. The molecular formula is C45H46N2. The normalized spacial score (nSPS) is 11.0. The van der Waals surface area contributed by atoms with E-state index in [9.17, 15) is 0 Å². The fourth-order valence-corrected chi connectivity index (χ4v) is 6.46. The minimum Gasteiger partial charge on any atom is -0.363 e. The zero-order valence-electron chi connectivity index (χ0n) is 27.6. The van der Waals surface area contributed by atoms with Gasteiger partial charge in [-0.15, -0.1) is 0 Å². The molecule has 0 atom stereocenters. The lowest BCUT2D eigenvalue weighted by Crippen LogP contribution is -2.22. The van der Waals surface area contributed by atoms with Crippen LogP contribution in [0.3, 0.4) is 0 Å². The van der Waals surface area contributed by atoms with Gasteiger partial charge in [0.25, 0.3) is 0 Å². The Bertz CT molecular complexity index is 1520. The number of hydrogen-bond acceptors (Lipinski definition) is 2. The monoisotopic (exact) mass is 614 g/mol. The molecule has 0 aromatic heterocycles.